The molecule has 2 aliphatic rings. The van der Waals surface area contributed by atoms with E-state index in [2.05, 4.69) is 33.4 Å². The Kier molecular flexibility index (Phi) is 6.28. The van der Waals surface area contributed by atoms with Crippen LogP contribution in [0.4, 0.5) is 5.69 Å². The number of rotatable bonds is 7. The van der Waals surface area contributed by atoms with E-state index in [1.54, 1.807) is 0 Å². The van der Waals surface area contributed by atoms with Gasteiger partial charge in [0.15, 0.2) is 6.10 Å². The Labute approximate surface area is 189 Å². The highest BCUT2D eigenvalue weighted by Gasteiger charge is 2.44. The molecule has 2 atom stereocenters. The second-order valence-electron chi connectivity index (χ2n) is 8.62. The lowest BCUT2D eigenvalue weighted by Gasteiger charge is -2.41. The number of ether oxygens (including phenoxy) is 1. The molecule has 1 amide bonds. The SMILES string of the molecule is O=C(Nc1ccccc1CCc1ccncc1)[C@@H]1OCCN(C2CC2)[C@H]1c1ccccc1. The van der Waals surface area contributed by atoms with Gasteiger partial charge < -0.3 is 10.1 Å². The number of nitrogens with one attached hydrogen (secondary N) is 1. The Morgan fingerprint density at radius 3 is 2.50 bits per heavy atom. The van der Waals surface area contributed by atoms with E-state index in [9.17, 15) is 4.79 Å². The van der Waals surface area contributed by atoms with Gasteiger partial charge in [-0.25, -0.2) is 0 Å². The summed E-state index contributed by atoms with van der Waals surface area (Å²) in [6.45, 7) is 1.46. The summed E-state index contributed by atoms with van der Waals surface area (Å²) in [4.78, 5) is 20.1. The van der Waals surface area contributed by atoms with Gasteiger partial charge in [-0.3, -0.25) is 14.7 Å². The van der Waals surface area contributed by atoms with Gasteiger partial charge in [-0.2, -0.15) is 0 Å². The molecule has 1 aliphatic heterocycles. The third kappa shape index (κ3) is 4.74. The number of benzene rings is 2. The maximum absolute atomic E-state index is 13.5. The molecule has 5 rings (SSSR count). The highest BCUT2D eigenvalue weighted by atomic mass is 16.5. The number of hydrogen-bond acceptors (Lipinski definition) is 4. The van der Waals surface area contributed by atoms with Crippen molar-refractivity contribution in [2.45, 2.75) is 43.9 Å². The first-order valence-corrected chi connectivity index (χ1v) is 11.5. The van der Waals surface area contributed by atoms with Crippen molar-refractivity contribution in [2.75, 3.05) is 18.5 Å². The largest absolute Gasteiger partial charge is 0.365 e. The fourth-order valence-corrected chi connectivity index (χ4v) is 4.63. The molecule has 0 bridgehead atoms. The monoisotopic (exact) mass is 427 g/mol. The van der Waals surface area contributed by atoms with Crippen LogP contribution in [0.5, 0.6) is 0 Å². The number of carbonyl (C=O) groups is 1. The minimum atomic E-state index is -0.528. The molecule has 2 heterocycles. The number of aryl methyl sites for hydroxylation is 2. The van der Waals surface area contributed by atoms with Crippen LogP contribution in [-0.4, -0.2) is 41.1 Å². The van der Waals surface area contributed by atoms with Crippen molar-refractivity contribution in [1.29, 1.82) is 0 Å². The molecule has 5 nitrogen and oxygen atoms in total. The van der Waals surface area contributed by atoms with Gasteiger partial charge >= 0.3 is 0 Å². The van der Waals surface area contributed by atoms with Crippen molar-refractivity contribution in [1.82, 2.24) is 9.88 Å². The summed E-state index contributed by atoms with van der Waals surface area (Å²) >= 11 is 0. The fraction of sp³-hybridized carbons (Fsp3) is 0.333. The van der Waals surface area contributed by atoms with Gasteiger partial charge in [0.05, 0.1) is 12.6 Å². The van der Waals surface area contributed by atoms with Crippen molar-refractivity contribution in [3.63, 3.8) is 0 Å². The number of hydrogen-bond donors (Lipinski definition) is 1. The first-order chi connectivity index (χ1) is 15.8. The zero-order valence-corrected chi connectivity index (χ0v) is 18.2. The molecular formula is C27H29N3O2. The minimum Gasteiger partial charge on any atom is -0.365 e. The lowest BCUT2D eigenvalue weighted by Crippen LogP contribution is -2.51. The first-order valence-electron chi connectivity index (χ1n) is 11.5. The average molecular weight is 428 g/mol. The smallest absolute Gasteiger partial charge is 0.255 e. The van der Waals surface area contributed by atoms with Gasteiger partial charge in [0.1, 0.15) is 0 Å². The second kappa shape index (κ2) is 9.63. The number of para-hydroxylation sites is 1. The number of carbonyl (C=O) groups excluding carboxylic acids is 1. The molecule has 5 heteroatoms. The molecule has 2 aromatic carbocycles. The van der Waals surface area contributed by atoms with E-state index in [-0.39, 0.29) is 11.9 Å². The molecule has 1 saturated carbocycles. The Balaban J connectivity index is 1.34. The van der Waals surface area contributed by atoms with Gasteiger partial charge in [-0.15, -0.1) is 0 Å². The predicted molar refractivity (Wildman–Crippen MR) is 125 cm³/mol. The average Bonchev–Trinajstić information content (AvgIpc) is 3.70. The lowest BCUT2D eigenvalue weighted by atomic mass is 9.96. The molecule has 2 fully saturated rings. The van der Waals surface area contributed by atoms with Crippen molar-refractivity contribution in [3.05, 3.63) is 95.8 Å². The normalized spacial score (nSPS) is 21.2. The van der Waals surface area contributed by atoms with Crippen molar-refractivity contribution in [3.8, 4) is 0 Å². The number of anilines is 1. The molecule has 1 saturated heterocycles. The molecule has 164 valence electrons. The van der Waals surface area contributed by atoms with E-state index in [1.807, 2.05) is 60.9 Å². The number of amides is 1. The van der Waals surface area contributed by atoms with E-state index < -0.39 is 6.10 Å². The van der Waals surface area contributed by atoms with Crippen LogP contribution < -0.4 is 5.32 Å². The van der Waals surface area contributed by atoms with E-state index in [0.29, 0.717) is 12.6 Å². The maximum Gasteiger partial charge on any atom is 0.255 e. The molecule has 1 N–H and O–H groups in total. The van der Waals surface area contributed by atoms with Crippen LogP contribution >= 0.6 is 0 Å². The highest BCUT2D eigenvalue weighted by molar-refractivity contribution is 5.95. The minimum absolute atomic E-state index is 0.0542. The highest BCUT2D eigenvalue weighted by Crippen LogP contribution is 2.39. The molecule has 3 aromatic rings. The summed E-state index contributed by atoms with van der Waals surface area (Å²) in [5.74, 6) is -0.0689. The second-order valence-corrected chi connectivity index (χ2v) is 8.62. The van der Waals surface area contributed by atoms with Gasteiger partial charge in [0.25, 0.3) is 5.91 Å². The molecular weight excluding hydrogens is 398 g/mol. The number of morpholine rings is 1. The van der Waals surface area contributed by atoms with Gasteiger partial charge in [-0.1, -0.05) is 48.5 Å². The van der Waals surface area contributed by atoms with Crippen molar-refractivity contribution < 1.29 is 9.53 Å². The Hall–Kier alpha value is -3.02. The topological polar surface area (TPSA) is 54.5 Å². The zero-order chi connectivity index (χ0) is 21.8. The molecule has 1 aliphatic carbocycles. The fourth-order valence-electron chi connectivity index (χ4n) is 4.63. The van der Waals surface area contributed by atoms with Crippen LogP contribution in [0.25, 0.3) is 0 Å². The molecule has 1 aromatic heterocycles. The Bertz CT molecular complexity index is 1040. The summed E-state index contributed by atoms with van der Waals surface area (Å²) in [5.41, 5.74) is 4.38. The summed E-state index contributed by atoms with van der Waals surface area (Å²) in [5, 5.41) is 3.19. The quantitative estimate of drug-likeness (QED) is 0.607. The number of nitrogens with zero attached hydrogens (tertiary/aromatic N) is 2. The lowest BCUT2D eigenvalue weighted by molar-refractivity contribution is -0.141. The summed E-state index contributed by atoms with van der Waals surface area (Å²) < 4.78 is 6.10. The Morgan fingerprint density at radius 2 is 1.72 bits per heavy atom. The van der Waals surface area contributed by atoms with Crippen LogP contribution in [0.1, 0.15) is 35.6 Å². The molecule has 0 unspecified atom stereocenters. The van der Waals surface area contributed by atoms with E-state index in [4.69, 9.17) is 4.74 Å². The van der Waals surface area contributed by atoms with Crippen LogP contribution in [0.3, 0.4) is 0 Å². The van der Waals surface area contributed by atoms with E-state index >= 15 is 0 Å². The zero-order valence-electron chi connectivity index (χ0n) is 18.2. The van der Waals surface area contributed by atoms with Crippen LogP contribution in [-0.2, 0) is 22.4 Å². The van der Waals surface area contributed by atoms with Crippen LogP contribution in [0.15, 0.2) is 79.1 Å². The first kappa shape index (κ1) is 20.9. The van der Waals surface area contributed by atoms with E-state index in [0.717, 1.165) is 36.2 Å². The van der Waals surface area contributed by atoms with Gasteiger partial charge in [-0.05, 0) is 60.6 Å². The third-order valence-corrected chi connectivity index (χ3v) is 6.41. The maximum atomic E-state index is 13.5. The van der Waals surface area contributed by atoms with Gasteiger partial charge in [0, 0.05) is 30.7 Å². The number of pyridine rings is 1. The molecule has 0 radical (unpaired) electrons. The summed E-state index contributed by atoms with van der Waals surface area (Å²) in [6.07, 6.45) is 7.27. The molecule has 32 heavy (non-hydrogen) atoms. The Morgan fingerprint density at radius 1 is 0.969 bits per heavy atom. The van der Waals surface area contributed by atoms with E-state index in [1.165, 1.54) is 18.4 Å². The predicted octanol–water partition coefficient (Wildman–Crippen LogP) is 4.41. The molecule has 0 spiro atoms. The standard InChI is InChI=1S/C27H29N3O2/c31-27(29-24-9-5-4-6-21(24)11-10-20-14-16-28-17-15-20)26-25(22-7-2-1-3-8-22)30(18-19-32-26)23-12-13-23/h1-9,14-17,23,25-26H,10-13,18-19H2,(H,29,31)/t25-,26+/m0/s1. The summed E-state index contributed by atoms with van der Waals surface area (Å²) in [6, 6.07) is 23.0. The van der Waals surface area contributed by atoms with Gasteiger partial charge in [0.2, 0.25) is 0 Å². The van der Waals surface area contributed by atoms with Crippen molar-refractivity contribution in [2.24, 2.45) is 0 Å². The van der Waals surface area contributed by atoms with Crippen LogP contribution in [0, 0.1) is 0 Å². The van der Waals surface area contributed by atoms with Crippen molar-refractivity contribution >= 4 is 11.6 Å². The van der Waals surface area contributed by atoms with Crippen LogP contribution in [0.2, 0.25) is 0 Å². The number of aromatic nitrogens is 1. The summed E-state index contributed by atoms with van der Waals surface area (Å²) in [7, 11) is 0. The third-order valence-electron chi connectivity index (χ3n) is 6.41.